The molecule has 0 saturated carbocycles. The number of rotatable bonds is 32. The fourth-order valence-electron chi connectivity index (χ4n) is 9.00. The monoisotopic (exact) mass is 1130 g/mol. The molecule has 8 amide bonds. The number of ether oxygens (including phenoxy) is 1. The summed E-state index contributed by atoms with van der Waals surface area (Å²) < 4.78 is 5.05. The van der Waals surface area contributed by atoms with Crippen molar-refractivity contribution in [2.75, 3.05) is 26.2 Å². The van der Waals surface area contributed by atoms with Gasteiger partial charge in [-0.15, -0.1) is 0 Å². The molecule has 0 aliphatic carbocycles. The third-order valence-corrected chi connectivity index (χ3v) is 14.0. The SMILES string of the molecule is CC[C@H](C)[C@H](NC(=O)[C@H](Cc1ccc(O)cc1)NC(=O)[C@@H](NC(=O)[C@H](CCCNC(N)=NCC(O)C1CO1)NC(=O)[C@@H](N)CC(N)=O)C(C)C)C(=O)N[C@@H](Cc1cnc[nH]1)C(=O)N1CCC[C@H]1C(=O)N[C@@H](Cc1ccccc1)C(=O)O. The number of amides is 8. The average Bonchev–Trinajstić information content (AvgIpc) is 3.99. The molecule has 442 valence electrons. The third kappa shape index (κ3) is 20.2. The number of phenolic OH excluding ortho intramolecular Hbond substituents is 1. The number of aliphatic carboxylic acids is 1. The van der Waals surface area contributed by atoms with Crippen molar-refractivity contribution in [1.29, 1.82) is 0 Å². The summed E-state index contributed by atoms with van der Waals surface area (Å²) in [5, 5.41) is 49.1. The van der Waals surface area contributed by atoms with Gasteiger partial charge in [0.2, 0.25) is 47.3 Å². The number of aromatic nitrogens is 2. The molecule has 0 radical (unpaired) electrons. The lowest BCUT2D eigenvalue weighted by atomic mass is 9.96. The van der Waals surface area contributed by atoms with Crippen LogP contribution in [0.5, 0.6) is 5.75 Å². The largest absolute Gasteiger partial charge is 0.508 e. The molecule has 2 saturated heterocycles. The van der Waals surface area contributed by atoms with Crippen LogP contribution in [0, 0.1) is 11.8 Å². The summed E-state index contributed by atoms with van der Waals surface area (Å²) in [4.78, 5) is 136. The van der Waals surface area contributed by atoms with E-state index in [1.807, 2.05) is 0 Å². The van der Waals surface area contributed by atoms with Crippen molar-refractivity contribution in [3.63, 3.8) is 0 Å². The number of carbonyl (C=O) groups excluding carboxylic acids is 8. The van der Waals surface area contributed by atoms with Crippen molar-refractivity contribution in [1.82, 2.24) is 52.1 Å². The zero-order valence-corrected chi connectivity index (χ0v) is 46.0. The minimum absolute atomic E-state index is 0.00396. The lowest BCUT2D eigenvalue weighted by molar-refractivity contribution is -0.145. The standard InChI is InChI=1S/C54H78N14O13/c1-5-30(4)45(51(77)64-38(23-33-25-58-28-61-33)52(78)68-20-10-14-40(68)49(75)65-39(53(79)80)22-31-11-7-6-8-12-31)67-48(74)37(21-32-15-17-34(69)18-16-32)63-50(76)44(29(2)3)66-47(73)36(62-46(72)35(55)24-43(56)71)13-9-19-59-54(57)60-26-41(70)42-27-81-42/h6-8,11-12,15-18,25,28-30,35-42,44-45,69-70H,5,9-10,13-14,19-24,26-27,55H2,1-4H3,(H2,56,71)(H,58,61)(H,62,72)(H,63,76)(H,64,77)(H,65,75)(H,66,73)(H,67,74)(H,79,80)(H3,57,59,60)/t30-,35-,36-,37-,38-,39-,40-,41?,42?,44-,45-/m0/s1. The summed E-state index contributed by atoms with van der Waals surface area (Å²) in [6, 6.07) is 4.07. The molecule has 2 aliphatic heterocycles. The van der Waals surface area contributed by atoms with Gasteiger partial charge in [0.25, 0.3) is 0 Å². The number of aromatic hydroxyl groups is 1. The van der Waals surface area contributed by atoms with Crippen LogP contribution in [-0.4, -0.2) is 176 Å². The number of hydrogen-bond donors (Lipinski definition) is 14. The number of carbonyl (C=O) groups is 9. The number of phenols is 1. The third-order valence-electron chi connectivity index (χ3n) is 14.0. The highest BCUT2D eigenvalue weighted by molar-refractivity contribution is 5.98. The highest BCUT2D eigenvalue weighted by atomic mass is 16.6. The number of nitrogens with two attached hydrogens (primary N) is 3. The number of primary amides is 1. The lowest BCUT2D eigenvalue weighted by Gasteiger charge is -2.32. The molecule has 3 heterocycles. The summed E-state index contributed by atoms with van der Waals surface area (Å²) in [6.07, 6.45) is 2.03. The van der Waals surface area contributed by atoms with Crippen molar-refractivity contribution in [3.05, 3.63) is 83.9 Å². The zero-order chi connectivity index (χ0) is 59.3. The number of hydrogen-bond acceptors (Lipinski definition) is 15. The number of aliphatic hydroxyl groups excluding tert-OH is 1. The Morgan fingerprint density at radius 3 is 2.02 bits per heavy atom. The van der Waals surface area contributed by atoms with Crippen LogP contribution < -0.4 is 54.4 Å². The van der Waals surface area contributed by atoms with Gasteiger partial charge in [-0.25, -0.2) is 9.78 Å². The molecule has 27 nitrogen and oxygen atoms in total. The first-order valence-electron chi connectivity index (χ1n) is 27.1. The van der Waals surface area contributed by atoms with E-state index in [9.17, 15) is 58.5 Å². The van der Waals surface area contributed by atoms with E-state index in [0.29, 0.717) is 36.3 Å². The molecule has 2 fully saturated rings. The van der Waals surface area contributed by atoms with Gasteiger partial charge in [-0.3, -0.25) is 43.3 Å². The number of imidazole rings is 1. The normalized spacial score (nSPS) is 18.3. The fourth-order valence-corrected chi connectivity index (χ4v) is 9.00. The smallest absolute Gasteiger partial charge is 0.326 e. The predicted molar refractivity (Wildman–Crippen MR) is 294 cm³/mol. The average molecular weight is 1130 g/mol. The Kier molecular flexibility index (Phi) is 24.4. The Balaban J connectivity index is 1.34. The molecule has 3 aromatic rings. The maximum Gasteiger partial charge on any atom is 0.326 e. The molecule has 5 rings (SSSR count). The van der Waals surface area contributed by atoms with E-state index in [2.05, 4.69) is 52.2 Å². The second-order valence-electron chi connectivity index (χ2n) is 20.7. The van der Waals surface area contributed by atoms with E-state index in [1.54, 1.807) is 58.0 Å². The summed E-state index contributed by atoms with van der Waals surface area (Å²) >= 11 is 0. The Bertz CT molecular complexity index is 2640. The van der Waals surface area contributed by atoms with Crippen molar-refractivity contribution in [2.45, 2.75) is 146 Å². The lowest BCUT2D eigenvalue weighted by Crippen LogP contribution is -2.62. The molecule has 27 heteroatoms. The molecule has 0 bridgehead atoms. The van der Waals surface area contributed by atoms with Gasteiger partial charge in [0, 0.05) is 44.2 Å². The Morgan fingerprint density at radius 1 is 0.790 bits per heavy atom. The molecule has 1 aromatic heterocycles. The zero-order valence-electron chi connectivity index (χ0n) is 46.0. The number of aromatic amines is 1. The van der Waals surface area contributed by atoms with Crippen LogP contribution >= 0.6 is 0 Å². The van der Waals surface area contributed by atoms with Gasteiger partial charge in [0.05, 0.1) is 31.9 Å². The van der Waals surface area contributed by atoms with E-state index in [1.165, 1.54) is 41.7 Å². The van der Waals surface area contributed by atoms with Gasteiger partial charge in [-0.2, -0.15) is 0 Å². The highest BCUT2D eigenvalue weighted by Gasteiger charge is 2.41. The van der Waals surface area contributed by atoms with Gasteiger partial charge in [0.15, 0.2) is 5.96 Å². The first-order valence-corrected chi connectivity index (χ1v) is 27.1. The maximum absolute atomic E-state index is 14.7. The summed E-state index contributed by atoms with van der Waals surface area (Å²) in [5.41, 5.74) is 18.7. The van der Waals surface area contributed by atoms with E-state index < -0.39 is 126 Å². The number of aliphatic hydroxyl groups is 1. The number of likely N-dealkylation sites (tertiary alicyclic amines) is 1. The summed E-state index contributed by atoms with van der Waals surface area (Å²) in [7, 11) is 0. The van der Waals surface area contributed by atoms with Crippen LogP contribution in [0.3, 0.4) is 0 Å². The molecule has 2 aromatic carbocycles. The molecule has 81 heavy (non-hydrogen) atoms. The Hall–Kier alpha value is -8.17. The summed E-state index contributed by atoms with van der Waals surface area (Å²) in [6.45, 7) is 7.44. The molecular weight excluding hydrogens is 1050 g/mol. The van der Waals surface area contributed by atoms with Gasteiger partial charge in [-0.1, -0.05) is 76.6 Å². The number of carboxylic acids is 1. The number of H-pyrrole nitrogens is 1. The van der Waals surface area contributed by atoms with Crippen LogP contribution in [0.1, 0.15) is 83.0 Å². The number of epoxide rings is 1. The summed E-state index contributed by atoms with van der Waals surface area (Å²) in [5.74, 6) is -8.84. The van der Waals surface area contributed by atoms with E-state index in [-0.39, 0.29) is 76.0 Å². The van der Waals surface area contributed by atoms with Crippen molar-refractivity contribution in [3.8, 4) is 5.75 Å². The fraction of sp³-hybridized carbons (Fsp3) is 0.537. The van der Waals surface area contributed by atoms with Crippen LogP contribution in [0.4, 0.5) is 0 Å². The van der Waals surface area contributed by atoms with Crippen molar-refractivity contribution in [2.24, 2.45) is 34.0 Å². The van der Waals surface area contributed by atoms with Crippen LogP contribution in [0.2, 0.25) is 0 Å². The van der Waals surface area contributed by atoms with Gasteiger partial charge in [0.1, 0.15) is 60.3 Å². The molecule has 2 aliphatic rings. The van der Waals surface area contributed by atoms with E-state index in [4.69, 9.17) is 21.9 Å². The number of benzene rings is 2. The molecule has 0 spiro atoms. The van der Waals surface area contributed by atoms with Gasteiger partial charge >= 0.3 is 5.97 Å². The number of nitrogens with zero attached hydrogens (tertiary/aromatic N) is 3. The second-order valence-corrected chi connectivity index (χ2v) is 20.7. The highest BCUT2D eigenvalue weighted by Crippen LogP contribution is 2.22. The predicted octanol–water partition coefficient (Wildman–Crippen LogP) is -2.52. The van der Waals surface area contributed by atoms with Crippen LogP contribution in [0.15, 0.2) is 72.1 Å². The topological polar surface area (TPSA) is 433 Å². The van der Waals surface area contributed by atoms with Crippen molar-refractivity contribution >= 4 is 59.2 Å². The minimum atomic E-state index is -1.43. The number of guanidine groups is 1. The quantitative estimate of drug-likeness (QED) is 0.0133. The maximum atomic E-state index is 14.7. The Labute approximate surface area is 469 Å². The van der Waals surface area contributed by atoms with Gasteiger partial charge < -0.3 is 84.4 Å². The molecular formula is C54H78N14O13. The molecule has 17 N–H and O–H groups in total. The number of nitrogens with one attached hydrogen (secondary N) is 8. The molecule has 2 unspecified atom stereocenters. The van der Waals surface area contributed by atoms with Crippen LogP contribution in [-0.2, 0) is 67.2 Å². The van der Waals surface area contributed by atoms with E-state index in [0.717, 1.165) is 0 Å². The van der Waals surface area contributed by atoms with Gasteiger partial charge in [-0.05, 0) is 60.8 Å². The number of aliphatic imine (C=N–C) groups is 1. The van der Waals surface area contributed by atoms with Crippen LogP contribution in [0.25, 0.3) is 0 Å². The molecule has 11 atom stereocenters. The first kappa shape index (κ1) is 63.7. The minimum Gasteiger partial charge on any atom is -0.508 e. The Morgan fingerprint density at radius 2 is 1.41 bits per heavy atom. The first-order chi connectivity index (χ1) is 38.5. The number of carboxylic acid groups (broad SMARTS) is 1. The van der Waals surface area contributed by atoms with Crippen molar-refractivity contribution < 1.29 is 63.2 Å². The van der Waals surface area contributed by atoms with E-state index >= 15 is 0 Å². The second kappa shape index (κ2) is 31.0.